The second kappa shape index (κ2) is 24.8. The van der Waals surface area contributed by atoms with Gasteiger partial charge in [-0.3, -0.25) is 45.7 Å². The summed E-state index contributed by atoms with van der Waals surface area (Å²) in [5, 5.41) is 0. The maximum absolute atomic E-state index is 9.85. The van der Waals surface area contributed by atoms with Gasteiger partial charge in [-0.2, -0.15) is 0 Å². The monoisotopic (exact) mass is 955 g/mol. The first-order valence-corrected chi connectivity index (χ1v) is 28.4. The van der Waals surface area contributed by atoms with Crippen LogP contribution in [0.3, 0.4) is 0 Å². The average Bonchev–Trinajstić information content (AvgIpc) is 2.54. The van der Waals surface area contributed by atoms with Crippen molar-refractivity contribution in [1.29, 1.82) is 0 Å². The van der Waals surface area contributed by atoms with Gasteiger partial charge in [0.15, 0.2) is 29.5 Å². The van der Waals surface area contributed by atoms with Crippen molar-refractivity contribution in [2.24, 2.45) is 17.2 Å². The predicted octanol–water partition coefficient (Wildman–Crippen LogP) is -5.31. The second-order valence-electron chi connectivity index (χ2n) is 8.25. The van der Waals surface area contributed by atoms with Gasteiger partial charge in [-0.1, -0.05) is 0 Å². The van der Waals surface area contributed by atoms with Crippen molar-refractivity contribution < 1.29 is 144 Å². The van der Waals surface area contributed by atoms with Crippen molar-refractivity contribution in [3.8, 4) is 0 Å². The molecule has 0 aliphatic rings. The van der Waals surface area contributed by atoms with Crippen molar-refractivity contribution in [1.82, 2.24) is 0 Å². The highest BCUT2D eigenvalue weighted by atomic mass is 31.3. The summed E-state index contributed by atoms with van der Waals surface area (Å²) in [6.07, 6.45) is -0.338. The molecule has 33 nitrogen and oxygen atoms in total. The summed E-state index contributed by atoms with van der Waals surface area (Å²) in [5.41, 5.74) is 14.8. The minimum atomic E-state index is -4.55. The highest BCUT2D eigenvalue weighted by Gasteiger charge is 2.29. The lowest BCUT2D eigenvalue weighted by atomic mass is 10.6. The van der Waals surface area contributed by atoms with Crippen LogP contribution < -0.4 is 17.2 Å². The molecule has 0 aromatic heterocycles. The van der Waals surface area contributed by atoms with Gasteiger partial charge in [-0.25, -0.2) is 0 Å². The molecule has 0 spiro atoms. The normalized spacial score (nSPS) is 13.4. The SMILES string of the molecule is NCC(N)N.O=P(O)(O)CP(=O)(O)O.O=P(O)(O)CP(=O)(O)O.O=P(O)(O)CP(=O)(O)O.O=P(O)(O)CP(=O)(O)O.O=P(O)(O)CP(=O)(O)O. The molecule has 312 valence electrons. The summed E-state index contributed by atoms with van der Waals surface area (Å²) in [7, 11) is -45.5. The molecule has 0 fully saturated rings. The lowest BCUT2D eigenvalue weighted by Gasteiger charge is -2.03. The first-order chi connectivity index (χ1) is 20.8. The molecular formula is C7H39N3O30P10. The van der Waals surface area contributed by atoms with Crippen LogP contribution in [0.2, 0.25) is 0 Å². The Kier molecular flexibility index (Phi) is 31.4. The Balaban J connectivity index is -0.000000117. The lowest BCUT2D eigenvalue weighted by molar-refractivity contribution is 0.352. The molecule has 0 aliphatic heterocycles. The zero-order chi connectivity index (χ0) is 42.8. The first kappa shape index (κ1) is 63.3. The zero-order valence-electron chi connectivity index (χ0n) is 24.1. The number of hydrogen-bond donors (Lipinski definition) is 23. The molecule has 0 heterocycles. The van der Waals surface area contributed by atoms with E-state index in [1.165, 1.54) is 0 Å². The van der Waals surface area contributed by atoms with Crippen LogP contribution in [0.4, 0.5) is 0 Å². The largest absolute Gasteiger partial charge is 0.337 e. The highest BCUT2D eigenvalue weighted by molar-refractivity contribution is 7.71. The van der Waals surface area contributed by atoms with E-state index in [2.05, 4.69) is 0 Å². The third-order valence-electron chi connectivity index (χ3n) is 2.11. The Hall–Kier alpha value is 1.38. The van der Waals surface area contributed by atoms with Crippen LogP contribution in [0.1, 0.15) is 0 Å². The fourth-order valence-corrected chi connectivity index (χ4v) is 10.8. The molecule has 0 unspecified atom stereocenters. The van der Waals surface area contributed by atoms with E-state index in [-0.39, 0.29) is 6.17 Å². The summed E-state index contributed by atoms with van der Waals surface area (Å²) in [5.74, 6) is -6.88. The Morgan fingerprint density at radius 3 is 0.340 bits per heavy atom. The molecule has 0 aliphatic carbocycles. The van der Waals surface area contributed by atoms with Gasteiger partial charge in [0.2, 0.25) is 0 Å². The molecular weight excluding hydrogens is 916 g/mol. The van der Waals surface area contributed by atoms with Gasteiger partial charge in [0.05, 0.1) is 6.17 Å². The van der Waals surface area contributed by atoms with E-state index < -0.39 is 105 Å². The molecule has 0 aromatic rings. The minimum absolute atomic E-state index is 0.338. The number of nitrogens with two attached hydrogens (primary N) is 3. The minimum Gasteiger partial charge on any atom is -0.328 e. The molecule has 0 atom stereocenters. The van der Waals surface area contributed by atoms with E-state index in [9.17, 15) is 45.7 Å². The van der Waals surface area contributed by atoms with Crippen LogP contribution in [-0.4, -0.2) is 140 Å². The Morgan fingerprint density at radius 1 is 0.280 bits per heavy atom. The van der Waals surface area contributed by atoms with Gasteiger partial charge in [0.1, 0.15) is 0 Å². The van der Waals surface area contributed by atoms with Crippen molar-refractivity contribution in [3.63, 3.8) is 0 Å². The first-order valence-electron chi connectivity index (χ1n) is 10.5. The predicted molar refractivity (Wildman–Crippen MR) is 166 cm³/mol. The topological polar surface area (TPSA) is 653 Å². The summed E-state index contributed by atoms with van der Waals surface area (Å²) >= 11 is 0. The molecule has 26 N–H and O–H groups in total. The second-order valence-corrected chi connectivity index (χ2v) is 27.2. The maximum atomic E-state index is 9.85. The summed E-state index contributed by atoms with van der Waals surface area (Å²) in [6, 6.07) is 0. The van der Waals surface area contributed by atoms with E-state index in [1.54, 1.807) is 0 Å². The molecule has 0 rings (SSSR count). The third-order valence-corrected chi connectivity index (χ3v) is 16.9. The van der Waals surface area contributed by atoms with E-state index >= 15 is 0 Å². The lowest BCUT2D eigenvalue weighted by Crippen LogP contribution is -2.37. The van der Waals surface area contributed by atoms with Gasteiger partial charge in [-0.05, 0) is 0 Å². The van der Waals surface area contributed by atoms with Crippen molar-refractivity contribution >= 4 is 76.0 Å². The Morgan fingerprint density at radius 2 is 0.340 bits per heavy atom. The van der Waals surface area contributed by atoms with Gasteiger partial charge in [-0.15, -0.1) is 0 Å². The van der Waals surface area contributed by atoms with Crippen molar-refractivity contribution in [2.45, 2.75) is 6.17 Å². The number of hydrogen-bond acceptors (Lipinski definition) is 13. The number of rotatable bonds is 11. The Bertz CT molecular complexity index is 1090. The fraction of sp³-hybridized carbons (Fsp3) is 1.00. The molecule has 0 saturated carbocycles. The molecule has 0 aromatic carbocycles. The summed E-state index contributed by atoms with van der Waals surface area (Å²) in [6.45, 7) is 0.361. The van der Waals surface area contributed by atoms with E-state index in [1.807, 2.05) is 0 Å². The fourth-order valence-electron chi connectivity index (χ4n) is 1.20. The van der Waals surface area contributed by atoms with Gasteiger partial charge in [0.25, 0.3) is 0 Å². The smallest absolute Gasteiger partial charge is 0.328 e. The molecule has 50 heavy (non-hydrogen) atoms. The van der Waals surface area contributed by atoms with E-state index in [0.29, 0.717) is 6.54 Å². The van der Waals surface area contributed by atoms with Crippen LogP contribution >= 0.6 is 76.0 Å². The zero-order valence-corrected chi connectivity index (χ0v) is 33.0. The standard InChI is InChI=1S/C2H9N3.5CH6O6P2/c3-1-2(4)5;5*2-8(3,4)1-9(5,6)7/h2H,1,3-5H2;5*1H2,(H2,2,3,4)(H2,5,6,7). The molecule has 0 radical (unpaired) electrons. The Labute approximate surface area is 278 Å². The average molecular weight is 955 g/mol. The van der Waals surface area contributed by atoms with Gasteiger partial charge in [0, 0.05) is 6.54 Å². The van der Waals surface area contributed by atoms with E-state index in [4.69, 9.17) is 115 Å². The van der Waals surface area contributed by atoms with E-state index in [0.717, 1.165) is 0 Å². The van der Waals surface area contributed by atoms with Gasteiger partial charge >= 0.3 is 76.0 Å². The van der Waals surface area contributed by atoms with Gasteiger partial charge < -0.3 is 115 Å². The maximum Gasteiger partial charge on any atom is 0.337 e. The van der Waals surface area contributed by atoms with Crippen molar-refractivity contribution in [2.75, 3.05) is 36.1 Å². The highest BCUT2D eigenvalue weighted by Crippen LogP contribution is 2.54. The molecule has 43 heteroatoms. The van der Waals surface area contributed by atoms with Crippen molar-refractivity contribution in [3.05, 3.63) is 0 Å². The summed E-state index contributed by atoms with van der Waals surface area (Å²) < 4.78 is 98.5. The van der Waals surface area contributed by atoms with Crippen LogP contribution in [0.25, 0.3) is 0 Å². The quantitative estimate of drug-likeness (QED) is 0.0679. The molecule has 0 saturated heterocycles. The molecule has 0 amide bonds. The van der Waals surface area contributed by atoms with Crippen LogP contribution in [0, 0.1) is 0 Å². The third kappa shape index (κ3) is 104. The van der Waals surface area contributed by atoms with Crippen LogP contribution in [0.15, 0.2) is 0 Å². The van der Waals surface area contributed by atoms with Crippen LogP contribution in [0.5, 0.6) is 0 Å². The summed E-state index contributed by atoms with van der Waals surface area (Å²) in [4.78, 5) is 159. The molecule has 0 bridgehead atoms. The van der Waals surface area contributed by atoms with Crippen LogP contribution in [-0.2, 0) is 45.7 Å².